The standard InChI is InChI=1S/C17H22ClNO2/c1-2-16(21-14-7-5-13(18)6-8-14)17(20)19-15-10-11-3-4-12(15)9-11/h5-8,11-12,15-16H,2-4,9-10H2,1H3,(H,19,20)/t11-,12-,15+,16-/m0/s1. The molecule has 1 N–H and O–H groups in total. The normalized spacial score (nSPS) is 28.4. The number of rotatable bonds is 5. The van der Waals surface area contributed by atoms with Gasteiger partial charge in [0, 0.05) is 11.1 Å². The van der Waals surface area contributed by atoms with Gasteiger partial charge in [0.2, 0.25) is 0 Å². The quantitative estimate of drug-likeness (QED) is 0.898. The van der Waals surface area contributed by atoms with Gasteiger partial charge in [-0.05, 0) is 61.8 Å². The lowest BCUT2D eigenvalue weighted by Gasteiger charge is -2.25. The number of nitrogens with one attached hydrogen (secondary N) is 1. The molecule has 1 amide bonds. The smallest absolute Gasteiger partial charge is 0.261 e. The minimum Gasteiger partial charge on any atom is -0.481 e. The van der Waals surface area contributed by atoms with Crippen molar-refractivity contribution < 1.29 is 9.53 Å². The zero-order valence-electron chi connectivity index (χ0n) is 12.3. The molecule has 21 heavy (non-hydrogen) atoms. The number of hydrogen-bond acceptors (Lipinski definition) is 2. The lowest BCUT2D eigenvalue weighted by molar-refractivity contribution is -0.129. The largest absolute Gasteiger partial charge is 0.481 e. The van der Waals surface area contributed by atoms with Gasteiger partial charge in [0.15, 0.2) is 6.10 Å². The Morgan fingerprint density at radius 2 is 2.10 bits per heavy atom. The molecule has 4 atom stereocenters. The molecule has 0 radical (unpaired) electrons. The van der Waals surface area contributed by atoms with Crippen LogP contribution < -0.4 is 10.1 Å². The Bertz CT molecular complexity index is 502. The number of benzene rings is 1. The fourth-order valence-corrected chi connectivity index (χ4v) is 3.82. The Labute approximate surface area is 131 Å². The van der Waals surface area contributed by atoms with Gasteiger partial charge in [-0.1, -0.05) is 24.9 Å². The number of ether oxygens (including phenoxy) is 1. The van der Waals surface area contributed by atoms with Crippen molar-refractivity contribution in [3.63, 3.8) is 0 Å². The first kappa shape index (κ1) is 14.7. The van der Waals surface area contributed by atoms with Crippen LogP contribution >= 0.6 is 11.6 Å². The van der Waals surface area contributed by atoms with Crippen molar-refractivity contribution in [2.75, 3.05) is 0 Å². The first-order valence-corrected chi connectivity index (χ1v) is 8.26. The predicted octanol–water partition coefficient (Wildman–Crippen LogP) is 3.80. The van der Waals surface area contributed by atoms with E-state index in [2.05, 4.69) is 5.32 Å². The molecule has 0 aliphatic heterocycles. The summed E-state index contributed by atoms with van der Waals surface area (Å²) in [6.45, 7) is 1.97. The summed E-state index contributed by atoms with van der Waals surface area (Å²) in [6, 6.07) is 7.51. The summed E-state index contributed by atoms with van der Waals surface area (Å²) in [5.74, 6) is 2.23. The van der Waals surface area contributed by atoms with E-state index in [9.17, 15) is 4.79 Å². The van der Waals surface area contributed by atoms with Crippen LogP contribution in [0.3, 0.4) is 0 Å². The van der Waals surface area contributed by atoms with Crippen molar-refractivity contribution in [2.24, 2.45) is 11.8 Å². The zero-order chi connectivity index (χ0) is 14.8. The lowest BCUT2D eigenvalue weighted by atomic mass is 9.95. The van der Waals surface area contributed by atoms with Crippen LogP contribution in [-0.2, 0) is 4.79 Å². The van der Waals surface area contributed by atoms with Gasteiger partial charge in [0.05, 0.1) is 0 Å². The summed E-state index contributed by atoms with van der Waals surface area (Å²) in [5, 5.41) is 3.87. The molecule has 2 fully saturated rings. The fourth-order valence-electron chi connectivity index (χ4n) is 3.70. The maximum Gasteiger partial charge on any atom is 0.261 e. The van der Waals surface area contributed by atoms with Crippen LogP contribution in [0.1, 0.15) is 39.0 Å². The van der Waals surface area contributed by atoms with E-state index in [0.29, 0.717) is 29.2 Å². The first-order chi connectivity index (χ1) is 10.2. The number of amides is 1. The molecule has 0 saturated heterocycles. The summed E-state index contributed by atoms with van der Waals surface area (Å²) >= 11 is 5.86. The maximum absolute atomic E-state index is 12.4. The lowest BCUT2D eigenvalue weighted by Crippen LogP contribution is -2.45. The highest BCUT2D eigenvalue weighted by atomic mass is 35.5. The maximum atomic E-state index is 12.4. The average Bonchev–Trinajstić information content (AvgIpc) is 3.09. The van der Waals surface area contributed by atoms with Crippen molar-refractivity contribution in [3.8, 4) is 5.75 Å². The Morgan fingerprint density at radius 3 is 2.67 bits per heavy atom. The van der Waals surface area contributed by atoms with E-state index < -0.39 is 6.10 Å². The van der Waals surface area contributed by atoms with Gasteiger partial charge >= 0.3 is 0 Å². The van der Waals surface area contributed by atoms with Crippen molar-refractivity contribution in [3.05, 3.63) is 29.3 Å². The summed E-state index contributed by atoms with van der Waals surface area (Å²) in [5.41, 5.74) is 0. The second kappa shape index (κ2) is 6.27. The molecule has 0 unspecified atom stereocenters. The SMILES string of the molecule is CC[C@H](Oc1ccc(Cl)cc1)C(=O)N[C@@H]1C[C@H]2CC[C@H]1C2. The molecule has 0 aromatic heterocycles. The van der Waals surface area contributed by atoms with Gasteiger partial charge in [-0.25, -0.2) is 0 Å². The van der Waals surface area contributed by atoms with E-state index in [4.69, 9.17) is 16.3 Å². The summed E-state index contributed by atoms with van der Waals surface area (Å²) in [7, 11) is 0. The zero-order valence-corrected chi connectivity index (χ0v) is 13.1. The molecule has 114 valence electrons. The van der Waals surface area contributed by atoms with Crippen LogP contribution in [0.25, 0.3) is 0 Å². The molecule has 3 rings (SSSR count). The predicted molar refractivity (Wildman–Crippen MR) is 83.5 cm³/mol. The highest BCUT2D eigenvalue weighted by molar-refractivity contribution is 6.30. The van der Waals surface area contributed by atoms with E-state index in [1.54, 1.807) is 24.3 Å². The average molecular weight is 308 g/mol. The number of halogens is 1. The molecule has 4 heteroatoms. The van der Waals surface area contributed by atoms with Crippen LogP contribution in [0.5, 0.6) is 5.75 Å². The number of carbonyl (C=O) groups is 1. The Morgan fingerprint density at radius 1 is 1.33 bits per heavy atom. The first-order valence-electron chi connectivity index (χ1n) is 7.88. The van der Waals surface area contributed by atoms with Crippen LogP contribution in [0.2, 0.25) is 5.02 Å². The third-order valence-corrected chi connectivity index (χ3v) is 5.07. The van der Waals surface area contributed by atoms with Crippen LogP contribution in [0, 0.1) is 11.8 Å². The van der Waals surface area contributed by atoms with Gasteiger partial charge in [-0.2, -0.15) is 0 Å². The second-order valence-electron chi connectivity index (χ2n) is 6.26. The van der Waals surface area contributed by atoms with Crippen LogP contribution in [0.4, 0.5) is 0 Å². The van der Waals surface area contributed by atoms with Crippen molar-refractivity contribution in [2.45, 2.75) is 51.2 Å². The highest BCUT2D eigenvalue weighted by Gasteiger charge is 2.40. The number of fused-ring (bicyclic) bond motifs is 2. The highest BCUT2D eigenvalue weighted by Crippen LogP contribution is 2.44. The molecule has 1 aromatic carbocycles. The summed E-state index contributed by atoms with van der Waals surface area (Å²) in [6.07, 6.45) is 5.29. The van der Waals surface area contributed by atoms with E-state index >= 15 is 0 Å². The molecule has 2 saturated carbocycles. The van der Waals surface area contributed by atoms with Crippen molar-refractivity contribution >= 4 is 17.5 Å². The van der Waals surface area contributed by atoms with Crippen molar-refractivity contribution in [1.82, 2.24) is 5.32 Å². The Balaban J connectivity index is 1.57. The third-order valence-electron chi connectivity index (χ3n) is 4.82. The van der Waals surface area contributed by atoms with Gasteiger partial charge in [0.1, 0.15) is 5.75 Å². The van der Waals surface area contributed by atoms with Gasteiger partial charge in [-0.15, -0.1) is 0 Å². The topological polar surface area (TPSA) is 38.3 Å². The second-order valence-corrected chi connectivity index (χ2v) is 6.70. The van der Waals surface area contributed by atoms with E-state index in [1.807, 2.05) is 6.92 Å². The van der Waals surface area contributed by atoms with E-state index in [1.165, 1.54) is 19.3 Å². The molecule has 2 aliphatic carbocycles. The Hall–Kier alpha value is -1.22. The van der Waals surface area contributed by atoms with Gasteiger partial charge in [0.25, 0.3) is 5.91 Å². The minimum atomic E-state index is -0.426. The number of carbonyl (C=O) groups excluding carboxylic acids is 1. The molecule has 3 nitrogen and oxygen atoms in total. The Kier molecular flexibility index (Phi) is 4.39. The summed E-state index contributed by atoms with van der Waals surface area (Å²) in [4.78, 5) is 12.4. The minimum absolute atomic E-state index is 0.0185. The van der Waals surface area contributed by atoms with Gasteiger partial charge in [-0.3, -0.25) is 4.79 Å². The third kappa shape index (κ3) is 3.34. The molecular weight excluding hydrogens is 286 g/mol. The molecular formula is C17H22ClNO2. The fraction of sp³-hybridized carbons (Fsp3) is 0.588. The molecule has 2 aliphatic rings. The molecule has 0 heterocycles. The monoisotopic (exact) mass is 307 g/mol. The van der Waals surface area contributed by atoms with E-state index in [0.717, 1.165) is 12.3 Å². The van der Waals surface area contributed by atoms with Crippen molar-refractivity contribution in [1.29, 1.82) is 0 Å². The van der Waals surface area contributed by atoms with E-state index in [-0.39, 0.29) is 5.91 Å². The van der Waals surface area contributed by atoms with Gasteiger partial charge < -0.3 is 10.1 Å². The molecule has 1 aromatic rings. The summed E-state index contributed by atoms with van der Waals surface area (Å²) < 4.78 is 5.80. The number of hydrogen-bond donors (Lipinski definition) is 1. The van der Waals surface area contributed by atoms with Crippen LogP contribution in [0.15, 0.2) is 24.3 Å². The molecule has 0 spiro atoms. The molecule has 2 bridgehead atoms. The van der Waals surface area contributed by atoms with Crippen LogP contribution in [-0.4, -0.2) is 18.1 Å².